The van der Waals surface area contributed by atoms with Crippen molar-refractivity contribution < 1.29 is 28.4 Å². The second-order valence-electron chi connectivity index (χ2n) is 6.85. The number of halogens is 3. The van der Waals surface area contributed by atoms with E-state index in [4.69, 9.17) is 68.6 Å². The Labute approximate surface area is 155 Å². The van der Waals surface area contributed by atoms with Crippen LogP contribution in [-0.4, -0.2) is 58.6 Å². The van der Waals surface area contributed by atoms with Gasteiger partial charge in [0.25, 0.3) is 3.79 Å². The lowest BCUT2D eigenvalue weighted by Gasteiger charge is -2.48. The molecule has 0 unspecified atom stereocenters. The molecule has 0 aromatic rings. The van der Waals surface area contributed by atoms with Gasteiger partial charge in [-0.3, -0.25) is 5.41 Å². The maximum atomic E-state index is 7.76. The quantitative estimate of drug-likeness (QED) is 0.411. The zero-order chi connectivity index (χ0) is 17.9. The predicted molar refractivity (Wildman–Crippen MR) is 86.5 cm³/mol. The first-order valence-electron chi connectivity index (χ1n) is 7.53. The molecule has 0 aromatic carbocycles. The fourth-order valence-electron chi connectivity index (χ4n) is 3.02. The van der Waals surface area contributed by atoms with Gasteiger partial charge < -0.3 is 28.4 Å². The van der Waals surface area contributed by atoms with Crippen molar-refractivity contribution in [2.45, 2.75) is 73.8 Å². The molecule has 0 radical (unpaired) electrons. The number of fused-ring (bicyclic) bond motifs is 3. The molecule has 0 aliphatic carbocycles. The van der Waals surface area contributed by atoms with Gasteiger partial charge in [0, 0.05) is 0 Å². The first-order valence-corrected chi connectivity index (χ1v) is 8.67. The summed E-state index contributed by atoms with van der Waals surface area (Å²) in [5.41, 5.74) is 0. The van der Waals surface area contributed by atoms with E-state index in [9.17, 15) is 0 Å². The molecule has 3 saturated heterocycles. The van der Waals surface area contributed by atoms with Crippen LogP contribution in [0.1, 0.15) is 27.7 Å². The van der Waals surface area contributed by atoms with Crippen molar-refractivity contribution in [3.8, 4) is 0 Å². The van der Waals surface area contributed by atoms with Crippen molar-refractivity contribution in [3.05, 3.63) is 0 Å². The van der Waals surface area contributed by atoms with Crippen LogP contribution >= 0.6 is 34.8 Å². The molecule has 1 N–H and O–H groups in total. The molecule has 24 heavy (non-hydrogen) atoms. The van der Waals surface area contributed by atoms with Crippen LogP contribution in [0.5, 0.6) is 0 Å². The zero-order valence-corrected chi connectivity index (χ0v) is 15.9. The van der Waals surface area contributed by atoms with Crippen LogP contribution in [0.3, 0.4) is 0 Å². The molecule has 0 amide bonds. The second kappa shape index (κ2) is 6.09. The summed E-state index contributed by atoms with van der Waals surface area (Å²) in [6.45, 7) is 7.48. The largest absolute Gasteiger partial charge is 0.445 e. The average Bonchev–Trinajstić information content (AvgIpc) is 2.74. The van der Waals surface area contributed by atoms with E-state index in [-0.39, 0.29) is 6.61 Å². The molecule has 0 aromatic heterocycles. The molecule has 3 fully saturated rings. The van der Waals surface area contributed by atoms with E-state index >= 15 is 0 Å². The fraction of sp³-hybridized carbons (Fsp3) is 0.929. The van der Waals surface area contributed by atoms with Gasteiger partial charge in [0.2, 0.25) is 12.2 Å². The molecule has 5 atom stereocenters. The molecule has 3 aliphatic rings. The van der Waals surface area contributed by atoms with E-state index in [1.54, 1.807) is 13.8 Å². The van der Waals surface area contributed by atoms with Crippen molar-refractivity contribution >= 4 is 40.7 Å². The lowest BCUT2D eigenvalue weighted by molar-refractivity contribution is -0.363. The number of ether oxygens (including phenoxy) is 6. The molecule has 0 saturated carbocycles. The molecule has 3 heterocycles. The van der Waals surface area contributed by atoms with Crippen molar-refractivity contribution in [2.75, 3.05) is 6.61 Å². The Balaban J connectivity index is 1.82. The highest BCUT2D eigenvalue weighted by atomic mass is 35.6. The van der Waals surface area contributed by atoms with E-state index in [2.05, 4.69) is 0 Å². The van der Waals surface area contributed by atoms with Crippen LogP contribution < -0.4 is 0 Å². The van der Waals surface area contributed by atoms with Gasteiger partial charge in [-0.1, -0.05) is 34.8 Å². The third-order valence-corrected chi connectivity index (χ3v) is 4.45. The minimum absolute atomic E-state index is 0.283. The molecular formula is C14H20Cl3NO6. The van der Waals surface area contributed by atoms with Gasteiger partial charge in [-0.15, -0.1) is 0 Å². The highest BCUT2D eigenvalue weighted by Gasteiger charge is 2.59. The minimum atomic E-state index is -1.99. The highest BCUT2D eigenvalue weighted by Crippen LogP contribution is 2.42. The van der Waals surface area contributed by atoms with Gasteiger partial charge in [0.15, 0.2) is 17.7 Å². The van der Waals surface area contributed by atoms with Crippen molar-refractivity contribution in [3.63, 3.8) is 0 Å². The first-order chi connectivity index (χ1) is 10.9. The Morgan fingerprint density at radius 1 is 1.00 bits per heavy atom. The fourth-order valence-corrected chi connectivity index (χ4v) is 3.15. The average molecular weight is 405 g/mol. The minimum Gasteiger partial charge on any atom is -0.445 e. The van der Waals surface area contributed by atoms with E-state index in [0.29, 0.717) is 0 Å². The summed E-state index contributed by atoms with van der Waals surface area (Å²) in [6, 6.07) is 0. The molecule has 138 valence electrons. The van der Waals surface area contributed by atoms with Crippen LogP contribution in [0, 0.1) is 5.41 Å². The summed E-state index contributed by atoms with van der Waals surface area (Å²) in [5.74, 6) is -2.17. The molecular weight excluding hydrogens is 385 g/mol. The number of hydrogen-bond donors (Lipinski definition) is 1. The Hall–Kier alpha value is 0.140. The predicted octanol–water partition coefficient (Wildman–Crippen LogP) is 2.75. The van der Waals surface area contributed by atoms with E-state index in [1.807, 2.05) is 13.8 Å². The lowest BCUT2D eigenvalue weighted by atomic mass is 9.97. The summed E-state index contributed by atoms with van der Waals surface area (Å²) < 4.78 is 32.7. The summed E-state index contributed by atoms with van der Waals surface area (Å²) in [4.78, 5) is 0. The summed E-state index contributed by atoms with van der Waals surface area (Å²) in [5, 5.41) is 7.76. The van der Waals surface area contributed by atoms with Crippen LogP contribution in [0.4, 0.5) is 0 Å². The third kappa shape index (κ3) is 3.78. The molecule has 7 nitrogen and oxygen atoms in total. The second-order valence-corrected chi connectivity index (χ2v) is 9.13. The van der Waals surface area contributed by atoms with Crippen LogP contribution in [0.25, 0.3) is 0 Å². The smallest absolute Gasteiger partial charge is 0.265 e. The van der Waals surface area contributed by atoms with Gasteiger partial charge in [-0.05, 0) is 27.7 Å². The topological polar surface area (TPSA) is 79.2 Å². The highest BCUT2D eigenvalue weighted by molar-refractivity contribution is 6.76. The van der Waals surface area contributed by atoms with Gasteiger partial charge in [-0.25, -0.2) is 0 Å². The summed E-state index contributed by atoms with van der Waals surface area (Å²) in [6.07, 6.45) is -2.93. The number of hydrogen-bond acceptors (Lipinski definition) is 7. The van der Waals surface area contributed by atoms with Gasteiger partial charge in [0.05, 0.1) is 6.61 Å². The lowest BCUT2D eigenvalue weighted by Crippen LogP contribution is -2.64. The van der Waals surface area contributed by atoms with Crippen LogP contribution in [-0.2, 0) is 28.4 Å². The summed E-state index contributed by atoms with van der Waals surface area (Å²) >= 11 is 17.0. The third-order valence-electron chi connectivity index (χ3n) is 3.94. The van der Waals surface area contributed by atoms with Crippen LogP contribution in [0.15, 0.2) is 0 Å². The monoisotopic (exact) mass is 403 g/mol. The van der Waals surface area contributed by atoms with E-state index in [0.717, 1.165) is 0 Å². The Kier molecular flexibility index (Phi) is 4.80. The van der Waals surface area contributed by atoms with Crippen molar-refractivity contribution in [1.29, 1.82) is 5.41 Å². The van der Waals surface area contributed by atoms with Crippen LogP contribution in [0.2, 0.25) is 0 Å². The molecule has 3 aliphatic heterocycles. The van der Waals surface area contributed by atoms with Crippen molar-refractivity contribution in [2.24, 2.45) is 0 Å². The maximum absolute atomic E-state index is 7.76. The molecule has 0 spiro atoms. The first kappa shape index (κ1) is 18.9. The van der Waals surface area contributed by atoms with E-state index in [1.165, 1.54) is 0 Å². The Morgan fingerprint density at radius 3 is 2.21 bits per heavy atom. The van der Waals surface area contributed by atoms with E-state index < -0.39 is 52.0 Å². The number of nitrogens with one attached hydrogen (secondary N) is 1. The van der Waals surface area contributed by atoms with Gasteiger partial charge in [-0.2, -0.15) is 0 Å². The SMILES string of the molecule is CC1(C)O[C@@H]2[C@H](O1)[C@@H](OC(=N)C(Cl)(Cl)Cl)O[C@@H]1COC(C)(C)O[C@@H]21. The standard InChI is InChI=1S/C14H20Cl3NO6/c1-12(2)19-5-6-7(22-12)8-9(24-13(3,4)23-8)10(20-6)21-11(18)14(15,16)17/h6-10,18H,5H2,1-4H3/t6-,7-,8+,9+,10-/m1/s1. The van der Waals surface area contributed by atoms with Crippen molar-refractivity contribution in [1.82, 2.24) is 0 Å². The zero-order valence-electron chi connectivity index (χ0n) is 13.7. The Bertz CT molecular complexity index is 523. The molecule has 3 rings (SSSR count). The summed E-state index contributed by atoms with van der Waals surface area (Å²) in [7, 11) is 0. The normalized spacial score (nSPS) is 40.5. The number of alkyl halides is 3. The maximum Gasteiger partial charge on any atom is 0.265 e. The molecule has 0 bridgehead atoms. The number of rotatable bonds is 1. The van der Waals surface area contributed by atoms with Gasteiger partial charge in [0.1, 0.15) is 18.3 Å². The molecule has 10 heteroatoms. The van der Waals surface area contributed by atoms with Gasteiger partial charge >= 0.3 is 0 Å². The Morgan fingerprint density at radius 2 is 1.58 bits per heavy atom.